The molecule has 1 heterocycles. The Bertz CT molecular complexity index is 973. The summed E-state index contributed by atoms with van der Waals surface area (Å²) in [4.78, 5) is 28.6. The minimum Gasteiger partial charge on any atom is -0.433 e. The molecule has 25 heavy (non-hydrogen) atoms. The Labute approximate surface area is 140 Å². The first kappa shape index (κ1) is 16.6. The maximum Gasteiger partial charge on any atom is 0.387 e. The fraction of sp³-hybridized carbons (Fsp3) is 0.118. The molecule has 0 aliphatic rings. The largest absolute Gasteiger partial charge is 0.433 e. The number of nitrogens with one attached hydrogen (secondary N) is 1. The van der Waals surface area contributed by atoms with Gasteiger partial charge >= 0.3 is 6.61 Å². The Balaban J connectivity index is 1.80. The van der Waals surface area contributed by atoms with Crippen LogP contribution in [0.15, 0.2) is 59.7 Å². The summed E-state index contributed by atoms with van der Waals surface area (Å²) in [6, 6.07) is 12.6. The first-order valence-corrected chi connectivity index (χ1v) is 7.32. The number of anilines is 1. The number of carbonyl (C=O) groups is 1. The van der Waals surface area contributed by atoms with E-state index in [2.05, 4.69) is 15.0 Å². The molecule has 0 aliphatic carbocycles. The number of carbonyl (C=O) groups excluding carboxylic acids is 1. The molecule has 1 aromatic heterocycles. The average Bonchev–Trinajstić information content (AvgIpc) is 2.59. The fourth-order valence-electron chi connectivity index (χ4n) is 2.33. The zero-order chi connectivity index (χ0) is 17.8. The van der Waals surface area contributed by atoms with Crippen molar-refractivity contribution < 1.29 is 18.3 Å². The van der Waals surface area contributed by atoms with Crippen molar-refractivity contribution in [3.63, 3.8) is 0 Å². The normalized spacial score (nSPS) is 10.8. The number of halogens is 2. The maximum atomic E-state index is 12.4. The van der Waals surface area contributed by atoms with Crippen molar-refractivity contribution in [1.29, 1.82) is 0 Å². The zero-order valence-electron chi connectivity index (χ0n) is 12.9. The van der Waals surface area contributed by atoms with Gasteiger partial charge in [-0.1, -0.05) is 24.3 Å². The standard InChI is InChI=1S/C17H13F2N3O3/c18-17(19)25-14-8-4-3-7-13(14)21-15(23)9-22-10-20-12-6-2-1-5-11(12)16(22)24/h1-8,10,17H,9H2,(H,21,23). The second kappa shape index (κ2) is 7.08. The molecule has 0 saturated carbocycles. The quantitative estimate of drug-likeness (QED) is 0.771. The predicted octanol–water partition coefficient (Wildman–Crippen LogP) is 2.64. The van der Waals surface area contributed by atoms with Gasteiger partial charge in [0.25, 0.3) is 5.56 Å². The number of hydrogen-bond donors (Lipinski definition) is 1. The molecule has 0 spiro atoms. The number of nitrogens with zero attached hydrogens (tertiary/aromatic N) is 2. The summed E-state index contributed by atoms with van der Waals surface area (Å²) in [6.07, 6.45) is 1.27. The Morgan fingerprint density at radius 2 is 1.88 bits per heavy atom. The molecule has 0 bridgehead atoms. The molecule has 3 aromatic rings. The summed E-state index contributed by atoms with van der Waals surface area (Å²) in [7, 11) is 0. The van der Waals surface area contributed by atoms with Crippen molar-refractivity contribution in [2.75, 3.05) is 5.32 Å². The molecule has 0 atom stereocenters. The van der Waals surface area contributed by atoms with Crippen LogP contribution in [0.5, 0.6) is 5.75 Å². The molecular weight excluding hydrogens is 332 g/mol. The molecule has 0 aliphatic heterocycles. The highest BCUT2D eigenvalue weighted by molar-refractivity contribution is 5.92. The third-order valence-corrected chi connectivity index (χ3v) is 3.42. The van der Waals surface area contributed by atoms with Gasteiger partial charge in [-0.3, -0.25) is 14.2 Å². The van der Waals surface area contributed by atoms with Gasteiger partial charge in [0.2, 0.25) is 5.91 Å². The lowest BCUT2D eigenvalue weighted by Crippen LogP contribution is -2.28. The zero-order valence-corrected chi connectivity index (χ0v) is 12.9. The van der Waals surface area contributed by atoms with Gasteiger partial charge in [-0.25, -0.2) is 4.98 Å². The highest BCUT2D eigenvalue weighted by atomic mass is 19.3. The van der Waals surface area contributed by atoms with E-state index in [1.54, 1.807) is 30.3 Å². The lowest BCUT2D eigenvalue weighted by Gasteiger charge is -2.12. The van der Waals surface area contributed by atoms with E-state index in [9.17, 15) is 18.4 Å². The summed E-state index contributed by atoms with van der Waals surface area (Å²) < 4.78 is 30.3. The molecule has 0 fully saturated rings. The van der Waals surface area contributed by atoms with Crippen molar-refractivity contribution >= 4 is 22.5 Å². The Kier molecular flexibility index (Phi) is 4.69. The van der Waals surface area contributed by atoms with Gasteiger partial charge in [-0.2, -0.15) is 8.78 Å². The van der Waals surface area contributed by atoms with Gasteiger partial charge < -0.3 is 10.1 Å². The van der Waals surface area contributed by atoms with E-state index in [1.165, 1.54) is 24.5 Å². The van der Waals surface area contributed by atoms with Crippen molar-refractivity contribution in [3.05, 3.63) is 65.2 Å². The number of para-hydroxylation sites is 3. The highest BCUT2D eigenvalue weighted by Crippen LogP contribution is 2.25. The van der Waals surface area contributed by atoms with Gasteiger partial charge in [0.05, 0.1) is 22.9 Å². The number of hydrogen-bond acceptors (Lipinski definition) is 4. The number of alkyl halides is 2. The number of benzene rings is 2. The first-order chi connectivity index (χ1) is 12.0. The summed E-state index contributed by atoms with van der Waals surface area (Å²) >= 11 is 0. The summed E-state index contributed by atoms with van der Waals surface area (Å²) in [5.74, 6) is -0.723. The molecule has 6 nitrogen and oxygen atoms in total. The van der Waals surface area contributed by atoms with Gasteiger partial charge in [-0.15, -0.1) is 0 Å². The van der Waals surface area contributed by atoms with E-state index in [1.807, 2.05) is 0 Å². The number of fused-ring (bicyclic) bond motifs is 1. The SMILES string of the molecule is O=C(Cn1cnc2ccccc2c1=O)Nc1ccccc1OC(F)F. The molecule has 3 rings (SSSR count). The van der Waals surface area contributed by atoms with E-state index >= 15 is 0 Å². The molecule has 128 valence electrons. The minimum absolute atomic E-state index is 0.0922. The fourth-order valence-corrected chi connectivity index (χ4v) is 2.33. The third-order valence-electron chi connectivity index (χ3n) is 3.42. The van der Waals surface area contributed by atoms with Crippen molar-refractivity contribution in [2.24, 2.45) is 0 Å². The Morgan fingerprint density at radius 1 is 1.16 bits per heavy atom. The van der Waals surface area contributed by atoms with Crippen molar-refractivity contribution in [1.82, 2.24) is 9.55 Å². The molecular formula is C17H13F2N3O3. The Hall–Kier alpha value is -3.29. The minimum atomic E-state index is -3.01. The van der Waals surface area contributed by atoms with Crippen LogP contribution in [0.4, 0.5) is 14.5 Å². The van der Waals surface area contributed by atoms with Gasteiger partial charge in [0, 0.05) is 0 Å². The van der Waals surface area contributed by atoms with Crippen molar-refractivity contribution in [3.8, 4) is 5.75 Å². The molecule has 0 radical (unpaired) electrons. The second-order valence-electron chi connectivity index (χ2n) is 5.12. The van der Waals surface area contributed by atoms with Crippen LogP contribution in [0.1, 0.15) is 0 Å². The lowest BCUT2D eigenvalue weighted by atomic mass is 10.2. The third kappa shape index (κ3) is 3.79. The number of rotatable bonds is 5. The van der Waals surface area contributed by atoms with Crippen LogP contribution in [0, 0.1) is 0 Å². The van der Waals surface area contributed by atoms with Crippen LogP contribution in [0.25, 0.3) is 10.9 Å². The number of amides is 1. The van der Waals surface area contributed by atoms with E-state index in [4.69, 9.17) is 0 Å². The van der Waals surface area contributed by atoms with Crippen LogP contribution >= 0.6 is 0 Å². The summed E-state index contributed by atoms with van der Waals surface area (Å²) in [5.41, 5.74) is 0.257. The van der Waals surface area contributed by atoms with Crippen LogP contribution in [-0.2, 0) is 11.3 Å². The van der Waals surface area contributed by atoms with Crippen LogP contribution in [0.3, 0.4) is 0 Å². The molecule has 8 heteroatoms. The second-order valence-corrected chi connectivity index (χ2v) is 5.12. The summed E-state index contributed by atoms with van der Waals surface area (Å²) in [6.45, 7) is -3.31. The van der Waals surface area contributed by atoms with Crippen LogP contribution < -0.4 is 15.6 Å². The molecule has 0 unspecified atom stereocenters. The van der Waals surface area contributed by atoms with Crippen LogP contribution in [-0.4, -0.2) is 22.1 Å². The number of ether oxygens (including phenoxy) is 1. The maximum absolute atomic E-state index is 12.4. The molecule has 1 N–H and O–H groups in total. The van der Waals surface area contributed by atoms with Gasteiger partial charge in [0.15, 0.2) is 0 Å². The predicted molar refractivity (Wildman–Crippen MR) is 87.7 cm³/mol. The summed E-state index contributed by atoms with van der Waals surface area (Å²) in [5, 5.41) is 2.84. The van der Waals surface area contributed by atoms with E-state index in [0.717, 1.165) is 4.57 Å². The topological polar surface area (TPSA) is 73.2 Å². The van der Waals surface area contributed by atoms with Crippen LogP contribution in [0.2, 0.25) is 0 Å². The van der Waals surface area contributed by atoms with Gasteiger partial charge in [-0.05, 0) is 24.3 Å². The lowest BCUT2D eigenvalue weighted by molar-refractivity contribution is -0.116. The Morgan fingerprint density at radius 3 is 2.68 bits per heavy atom. The monoisotopic (exact) mass is 345 g/mol. The molecule has 2 aromatic carbocycles. The van der Waals surface area contributed by atoms with E-state index < -0.39 is 12.5 Å². The highest BCUT2D eigenvalue weighted by Gasteiger charge is 2.13. The van der Waals surface area contributed by atoms with Gasteiger partial charge in [0.1, 0.15) is 12.3 Å². The van der Waals surface area contributed by atoms with E-state index in [-0.39, 0.29) is 23.5 Å². The average molecular weight is 345 g/mol. The smallest absolute Gasteiger partial charge is 0.387 e. The first-order valence-electron chi connectivity index (χ1n) is 7.32. The van der Waals surface area contributed by atoms with Crippen molar-refractivity contribution in [2.45, 2.75) is 13.2 Å². The molecule has 0 saturated heterocycles. The van der Waals surface area contributed by atoms with E-state index in [0.29, 0.717) is 10.9 Å². The number of aromatic nitrogens is 2. The molecule has 1 amide bonds.